The van der Waals surface area contributed by atoms with Gasteiger partial charge in [0.05, 0.1) is 12.2 Å². The van der Waals surface area contributed by atoms with E-state index in [1.807, 2.05) is 32.9 Å². The van der Waals surface area contributed by atoms with Gasteiger partial charge in [0.15, 0.2) is 0 Å². The zero-order valence-electron chi connectivity index (χ0n) is 14.4. The van der Waals surface area contributed by atoms with Crippen LogP contribution in [0, 0.1) is 0 Å². The van der Waals surface area contributed by atoms with Gasteiger partial charge in [-0.3, -0.25) is 0 Å². The lowest BCUT2D eigenvalue weighted by Gasteiger charge is -2.28. The predicted octanol–water partition coefficient (Wildman–Crippen LogP) is 1.91. The molecular formula is C17H27N3O3. The van der Waals surface area contributed by atoms with Crippen molar-refractivity contribution >= 4 is 11.8 Å². The number of likely N-dealkylation sites (N-methyl/N-ethyl adjacent to an activating group) is 1. The maximum Gasteiger partial charge on any atom is 0.407 e. The molecule has 2 rings (SSSR count). The zero-order valence-corrected chi connectivity index (χ0v) is 14.4. The number of amides is 1. The van der Waals surface area contributed by atoms with E-state index in [4.69, 9.17) is 15.2 Å². The number of nitrogens with one attached hydrogen (secondary N) is 1. The number of rotatable bonds is 4. The van der Waals surface area contributed by atoms with Crippen molar-refractivity contribution < 1.29 is 14.3 Å². The highest BCUT2D eigenvalue weighted by atomic mass is 16.6. The average Bonchev–Trinajstić information content (AvgIpc) is 2.44. The molecule has 6 heteroatoms. The highest BCUT2D eigenvalue weighted by molar-refractivity contribution is 5.67. The van der Waals surface area contributed by atoms with Crippen molar-refractivity contribution in [3.05, 3.63) is 23.8 Å². The Kier molecular flexibility index (Phi) is 5.36. The van der Waals surface area contributed by atoms with Crippen LogP contribution >= 0.6 is 0 Å². The lowest BCUT2D eigenvalue weighted by atomic mass is 10.0. The van der Waals surface area contributed by atoms with Crippen LogP contribution in [0.2, 0.25) is 0 Å². The molecule has 0 saturated carbocycles. The standard InChI is InChI=1S/C17H27N3O3/c1-17(2,3)23-16(21)19-11-13(18)9-12-5-6-15-14(10-12)20(4)7-8-22-15/h5-6,10,13H,7-9,11,18H2,1-4H3,(H,19,21). The smallest absolute Gasteiger partial charge is 0.407 e. The molecule has 128 valence electrons. The summed E-state index contributed by atoms with van der Waals surface area (Å²) >= 11 is 0. The average molecular weight is 321 g/mol. The van der Waals surface area contributed by atoms with E-state index < -0.39 is 11.7 Å². The van der Waals surface area contributed by atoms with Crippen LogP contribution in [0.15, 0.2) is 18.2 Å². The summed E-state index contributed by atoms with van der Waals surface area (Å²) < 4.78 is 10.8. The number of ether oxygens (including phenoxy) is 2. The number of nitrogens with two attached hydrogens (primary N) is 1. The van der Waals surface area contributed by atoms with Crippen LogP contribution in [-0.2, 0) is 11.2 Å². The minimum Gasteiger partial charge on any atom is -0.490 e. The van der Waals surface area contributed by atoms with Gasteiger partial charge in [-0.15, -0.1) is 0 Å². The summed E-state index contributed by atoms with van der Waals surface area (Å²) in [5.74, 6) is 0.906. The Hall–Kier alpha value is -1.95. The quantitative estimate of drug-likeness (QED) is 0.886. The van der Waals surface area contributed by atoms with Crippen molar-refractivity contribution in [1.29, 1.82) is 0 Å². The van der Waals surface area contributed by atoms with Crippen molar-refractivity contribution in [2.45, 2.75) is 38.8 Å². The summed E-state index contributed by atoms with van der Waals surface area (Å²) in [6.45, 7) is 7.46. The van der Waals surface area contributed by atoms with E-state index in [1.54, 1.807) is 0 Å². The molecule has 0 aromatic heterocycles. The van der Waals surface area contributed by atoms with Gasteiger partial charge in [-0.2, -0.15) is 0 Å². The Morgan fingerprint density at radius 1 is 1.48 bits per heavy atom. The Morgan fingerprint density at radius 3 is 2.91 bits per heavy atom. The second-order valence-electron chi connectivity index (χ2n) is 6.92. The molecule has 3 N–H and O–H groups in total. The molecule has 0 spiro atoms. The lowest BCUT2D eigenvalue weighted by Crippen LogP contribution is -2.41. The zero-order chi connectivity index (χ0) is 17.0. The van der Waals surface area contributed by atoms with Gasteiger partial charge >= 0.3 is 6.09 Å². The molecule has 0 fully saturated rings. The Morgan fingerprint density at radius 2 is 2.22 bits per heavy atom. The van der Waals surface area contributed by atoms with E-state index in [0.29, 0.717) is 19.6 Å². The molecule has 1 aliphatic heterocycles. The number of fused-ring (bicyclic) bond motifs is 1. The van der Waals surface area contributed by atoms with E-state index in [9.17, 15) is 4.79 Å². The SMILES string of the molecule is CN1CCOc2ccc(CC(N)CNC(=O)OC(C)(C)C)cc21. The molecule has 1 aromatic carbocycles. The second-order valence-corrected chi connectivity index (χ2v) is 6.92. The van der Waals surface area contributed by atoms with Crippen molar-refractivity contribution in [2.24, 2.45) is 5.73 Å². The van der Waals surface area contributed by atoms with Gasteiger partial charge in [0.25, 0.3) is 0 Å². The molecule has 1 amide bonds. The van der Waals surface area contributed by atoms with Crippen LogP contribution < -0.4 is 20.7 Å². The molecule has 6 nitrogen and oxygen atoms in total. The first-order chi connectivity index (χ1) is 10.7. The van der Waals surface area contributed by atoms with Crippen LogP contribution in [0.5, 0.6) is 5.75 Å². The second kappa shape index (κ2) is 7.08. The molecule has 1 unspecified atom stereocenters. The Balaban J connectivity index is 1.87. The van der Waals surface area contributed by atoms with Gasteiger partial charge in [-0.1, -0.05) is 6.07 Å². The molecule has 0 radical (unpaired) electrons. The minimum atomic E-state index is -0.503. The van der Waals surface area contributed by atoms with Crippen molar-refractivity contribution in [3.63, 3.8) is 0 Å². The summed E-state index contributed by atoms with van der Waals surface area (Å²) in [5, 5.41) is 2.71. The van der Waals surface area contributed by atoms with Gasteiger partial charge in [-0.25, -0.2) is 4.79 Å². The topological polar surface area (TPSA) is 76.8 Å². The fraction of sp³-hybridized carbons (Fsp3) is 0.588. The van der Waals surface area contributed by atoms with E-state index in [0.717, 1.165) is 23.5 Å². The van der Waals surface area contributed by atoms with E-state index in [2.05, 4.69) is 23.3 Å². The third-order valence-corrected chi connectivity index (χ3v) is 3.52. The number of nitrogens with zero attached hydrogens (tertiary/aromatic N) is 1. The summed E-state index contributed by atoms with van der Waals surface area (Å²) in [6, 6.07) is 5.93. The third kappa shape index (κ3) is 5.32. The number of anilines is 1. The highest BCUT2D eigenvalue weighted by Gasteiger charge is 2.18. The van der Waals surface area contributed by atoms with Crippen molar-refractivity contribution in [1.82, 2.24) is 5.32 Å². The Labute approximate surface area is 137 Å². The number of hydrogen-bond acceptors (Lipinski definition) is 5. The van der Waals surface area contributed by atoms with Crippen molar-refractivity contribution in [2.75, 3.05) is 31.6 Å². The number of benzene rings is 1. The first kappa shape index (κ1) is 17.4. The summed E-state index contributed by atoms with van der Waals surface area (Å²) in [5.41, 5.74) is 7.82. The lowest BCUT2D eigenvalue weighted by molar-refractivity contribution is 0.0524. The summed E-state index contributed by atoms with van der Waals surface area (Å²) in [4.78, 5) is 13.8. The van der Waals surface area contributed by atoms with Crippen LogP contribution in [0.1, 0.15) is 26.3 Å². The largest absolute Gasteiger partial charge is 0.490 e. The molecule has 0 bridgehead atoms. The highest BCUT2D eigenvalue weighted by Crippen LogP contribution is 2.31. The summed E-state index contributed by atoms with van der Waals surface area (Å²) in [6.07, 6.45) is 0.239. The Bertz CT molecular complexity index is 555. The molecule has 0 aliphatic carbocycles. The minimum absolute atomic E-state index is 0.171. The van der Waals surface area contributed by atoms with Gasteiger partial charge < -0.3 is 25.4 Å². The first-order valence-corrected chi connectivity index (χ1v) is 7.94. The number of hydrogen-bond donors (Lipinski definition) is 2. The van der Waals surface area contributed by atoms with Crippen molar-refractivity contribution in [3.8, 4) is 5.75 Å². The maximum atomic E-state index is 11.6. The van der Waals surface area contributed by atoms with Crippen LogP contribution in [0.25, 0.3) is 0 Å². The molecular weight excluding hydrogens is 294 g/mol. The summed E-state index contributed by atoms with van der Waals surface area (Å²) in [7, 11) is 2.05. The van der Waals surface area contributed by atoms with Crippen LogP contribution in [0.4, 0.5) is 10.5 Å². The first-order valence-electron chi connectivity index (χ1n) is 7.94. The van der Waals surface area contributed by atoms with Gasteiger partial charge in [0.2, 0.25) is 0 Å². The van der Waals surface area contributed by atoms with E-state index in [1.165, 1.54) is 0 Å². The maximum absolute atomic E-state index is 11.6. The molecule has 1 aliphatic rings. The number of carbonyl (C=O) groups excluding carboxylic acids is 1. The van der Waals surface area contributed by atoms with Gasteiger partial charge in [0, 0.05) is 19.6 Å². The van der Waals surface area contributed by atoms with E-state index >= 15 is 0 Å². The molecule has 1 heterocycles. The number of carbonyl (C=O) groups is 1. The molecule has 23 heavy (non-hydrogen) atoms. The number of alkyl carbamates (subject to hydrolysis) is 1. The third-order valence-electron chi connectivity index (χ3n) is 3.52. The molecule has 0 saturated heterocycles. The van der Waals surface area contributed by atoms with Gasteiger partial charge in [-0.05, 0) is 44.9 Å². The van der Waals surface area contributed by atoms with E-state index in [-0.39, 0.29) is 6.04 Å². The van der Waals surface area contributed by atoms with Crippen LogP contribution in [0.3, 0.4) is 0 Å². The monoisotopic (exact) mass is 321 g/mol. The predicted molar refractivity (Wildman–Crippen MR) is 91.1 cm³/mol. The fourth-order valence-corrected chi connectivity index (χ4v) is 2.43. The van der Waals surface area contributed by atoms with Crippen LogP contribution in [-0.4, -0.2) is 44.5 Å². The normalized spacial score (nSPS) is 15.4. The van der Waals surface area contributed by atoms with Gasteiger partial charge in [0.1, 0.15) is 18.0 Å². The fourth-order valence-electron chi connectivity index (χ4n) is 2.43. The molecule has 1 aromatic rings. The molecule has 1 atom stereocenters.